The Morgan fingerprint density at radius 3 is 2.68 bits per heavy atom. The van der Waals surface area contributed by atoms with E-state index in [4.69, 9.17) is 5.26 Å². The molecule has 0 fully saturated rings. The number of anilines is 2. The van der Waals surface area contributed by atoms with E-state index in [1.807, 2.05) is 43.3 Å². The third-order valence-electron chi connectivity index (χ3n) is 2.66. The molecule has 5 nitrogen and oxygen atoms in total. The van der Waals surface area contributed by atoms with Crippen LogP contribution in [-0.2, 0) is 6.54 Å². The number of nitrogens with zero attached hydrogens (tertiary/aromatic N) is 4. The summed E-state index contributed by atoms with van der Waals surface area (Å²) in [6, 6.07) is 11.9. The zero-order chi connectivity index (χ0) is 13.7. The molecule has 1 aromatic carbocycles. The Balaban J connectivity index is 2.19. The van der Waals surface area contributed by atoms with Crippen LogP contribution in [0.25, 0.3) is 0 Å². The van der Waals surface area contributed by atoms with Crippen molar-refractivity contribution >= 4 is 11.6 Å². The molecule has 19 heavy (non-hydrogen) atoms. The zero-order valence-electron chi connectivity index (χ0n) is 11.0. The predicted molar refractivity (Wildman–Crippen MR) is 74.6 cm³/mol. The molecule has 0 amide bonds. The second-order valence-corrected chi connectivity index (χ2v) is 4.24. The van der Waals surface area contributed by atoms with Crippen molar-refractivity contribution in [1.29, 1.82) is 5.26 Å². The molecule has 5 heteroatoms. The summed E-state index contributed by atoms with van der Waals surface area (Å²) in [5.74, 6) is 1.94. The fraction of sp³-hybridized carbons (Fsp3) is 0.214. The normalized spacial score (nSPS) is 9.74. The van der Waals surface area contributed by atoms with Crippen LogP contribution in [0.15, 0.2) is 36.4 Å². The van der Waals surface area contributed by atoms with Crippen LogP contribution in [0.3, 0.4) is 0 Å². The third kappa shape index (κ3) is 3.42. The summed E-state index contributed by atoms with van der Waals surface area (Å²) in [5, 5.41) is 11.2. The van der Waals surface area contributed by atoms with E-state index in [9.17, 15) is 0 Å². The number of hydrogen-bond acceptors (Lipinski definition) is 5. The van der Waals surface area contributed by atoms with Crippen molar-refractivity contribution in [3.05, 3.63) is 47.8 Å². The monoisotopic (exact) mass is 253 g/mol. The van der Waals surface area contributed by atoms with Crippen LogP contribution in [0.2, 0.25) is 0 Å². The molecular formula is C14H15N5. The topological polar surface area (TPSA) is 64.8 Å². The molecule has 0 aliphatic rings. The highest BCUT2D eigenvalue weighted by Gasteiger charge is 2.07. The molecule has 1 N–H and O–H groups in total. The van der Waals surface area contributed by atoms with Crippen molar-refractivity contribution < 1.29 is 0 Å². The van der Waals surface area contributed by atoms with Gasteiger partial charge in [-0.15, -0.1) is 0 Å². The summed E-state index contributed by atoms with van der Waals surface area (Å²) in [7, 11) is 1.96. The number of aromatic nitrogens is 2. The highest BCUT2D eigenvalue weighted by molar-refractivity contribution is 5.50. The summed E-state index contributed by atoms with van der Waals surface area (Å²) < 4.78 is 0. The predicted octanol–water partition coefficient (Wildman–Crippen LogP) is 2.31. The van der Waals surface area contributed by atoms with Gasteiger partial charge in [-0.1, -0.05) is 30.3 Å². The Morgan fingerprint density at radius 1 is 1.26 bits per heavy atom. The molecule has 0 radical (unpaired) electrons. The molecule has 0 aliphatic heterocycles. The first-order chi connectivity index (χ1) is 9.19. The number of aryl methyl sites for hydroxylation is 1. The van der Waals surface area contributed by atoms with Gasteiger partial charge in [-0.2, -0.15) is 5.26 Å². The molecule has 0 unspecified atom stereocenters. The van der Waals surface area contributed by atoms with Gasteiger partial charge in [0.15, 0.2) is 6.19 Å². The minimum atomic E-state index is 0.518. The van der Waals surface area contributed by atoms with Crippen molar-refractivity contribution in [1.82, 2.24) is 9.97 Å². The van der Waals surface area contributed by atoms with Crippen LogP contribution < -0.4 is 10.2 Å². The number of nitrogens with one attached hydrogen (secondary N) is 1. The van der Waals surface area contributed by atoms with E-state index in [0.29, 0.717) is 11.6 Å². The van der Waals surface area contributed by atoms with E-state index in [0.717, 1.165) is 12.4 Å². The Morgan fingerprint density at radius 2 is 2.00 bits per heavy atom. The second-order valence-electron chi connectivity index (χ2n) is 4.24. The molecule has 0 aliphatic carbocycles. The molecule has 0 spiro atoms. The second kappa shape index (κ2) is 5.83. The van der Waals surface area contributed by atoms with Crippen molar-refractivity contribution in [3.63, 3.8) is 0 Å². The van der Waals surface area contributed by atoms with Gasteiger partial charge >= 0.3 is 0 Å². The highest BCUT2D eigenvalue weighted by Crippen LogP contribution is 2.16. The molecule has 2 aromatic rings. The average molecular weight is 253 g/mol. The van der Waals surface area contributed by atoms with E-state index in [-0.39, 0.29) is 0 Å². The van der Waals surface area contributed by atoms with Crippen LogP contribution >= 0.6 is 0 Å². The van der Waals surface area contributed by atoms with Gasteiger partial charge in [-0.05, 0) is 12.5 Å². The molecule has 0 saturated carbocycles. The number of hydrogen-bond donors (Lipinski definition) is 1. The Hall–Kier alpha value is -2.61. The standard InChI is InChI=1S/C14H15N5/c1-11-17-13(16-10-15)8-14(18-11)19(2)9-12-6-4-3-5-7-12/h3-8H,9H2,1-2H3,(H,16,17,18). The van der Waals surface area contributed by atoms with Gasteiger partial charge in [0, 0.05) is 19.7 Å². The Kier molecular flexibility index (Phi) is 3.94. The van der Waals surface area contributed by atoms with Crippen molar-refractivity contribution in [2.24, 2.45) is 0 Å². The first-order valence-corrected chi connectivity index (χ1v) is 5.95. The average Bonchev–Trinajstić information content (AvgIpc) is 2.39. The summed E-state index contributed by atoms with van der Waals surface area (Å²) in [6.07, 6.45) is 1.87. The minimum Gasteiger partial charge on any atom is -0.355 e. The van der Waals surface area contributed by atoms with Crippen LogP contribution in [0.1, 0.15) is 11.4 Å². The van der Waals surface area contributed by atoms with E-state index >= 15 is 0 Å². The Labute approximate surface area is 112 Å². The summed E-state index contributed by atoms with van der Waals surface area (Å²) in [4.78, 5) is 10.5. The SMILES string of the molecule is Cc1nc(NC#N)cc(N(C)Cc2ccccc2)n1. The van der Waals surface area contributed by atoms with Crippen molar-refractivity contribution in [3.8, 4) is 6.19 Å². The molecule has 1 heterocycles. The van der Waals surface area contributed by atoms with Crippen LogP contribution in [0, 0.1) is 18.4 Å². The van der Waals surface area contributed by atoms with E-state index < -0.39 is 0 Å². The first-order valence-electron chi connectivity index (χ1n) is 5.95. The van der Waals surface area contributed by atoms with Crippen LogP contribution in [0.5, 0.6) is 0 Å². The lowest BCUT2D eigenvalue weighted by Gasteiger charge is -2.19. The van der Waals surface area contributed by atoms with Gasteiger partial charge in [0.1, 0.15) is 17.5 Å². The van der Waals surface area contributed by atoms with Gasteiger partial charge in [0.2, 0.25) is 0 Å². The lowest BCUT2D eigenvalue weighted by atomic mass is 10.2. The van der Waals surface area contributed by atoms with Gasteiger partial charge in [-0.25, -0.2) is 9.97 Å². The molecule has 1 aromatic heterocycles. The molecular weight excluding hydrogens is 238 g/mol. The van der Waals surface area contributed by atoms with Crippen LogP contribution in [-0.4, -0.2) is 17.0 Å². The lowest BCUT2D eigenvalue weighted by molar-refractivity contribution is 0.880. The minimum absolute atomic E-state index is 0.518. The smallest absolute Gasteiger partial charge is 0.182 e. The van der Waals surface area contributed by atoms with Gasteiger partial charge < -0.3 is 4.90 Å². The molecule has 2 rings (SSSR count). The van der Waals surface area contributed by atoms with Crippen molar-refractivity contribution in [2.75, 3.05) is 17.3 Å². The lowest BCUT2D eigenvalue weighted by Crippen LogP contribution is -2.18. The third-order valence-corrected chi connectivity index (χ3v) is 2.66. The van der Waals surface area contributed by atoms with Crippen molar-refractivity contribution in [2.45, 2.75) is 13.5 Å². The molecule has 0 atom stereocenters. The number of nitriles is 1. The number of rotatable bonds is 4. The van der Waals surface area contributed by atoms with Gasteiger partial charge in [0.05, 0.1) is 0 Å². The van der Waals surface area contributed by atoms with Gasteiger partial charge in [-0.3, -0.25) is 5.32 Å². The number of benzene rings is 1. The summed E-state index contributed by atoms with van der Waals surface area (Å²) in [5.41, 5.74) is 1.20. The molecule has 0 bridgehead atoms. The highest BCUT2D eigenvalue weighted by atomic mass is 15.2. The zero-order valence-corrected chi connectivity index (χ0v) is 11.0. The van der Waals surface area contributed by atoms with Gasteiger partial charge in [0.25, 0.3) is 0 Å². The molecule has 96 valence electrons. The van der Waals surface area contributed by atoms with E-state index in [1.165, 1.54) is 5.56 Å². The molecule has 0 saturated heterocycles. The summed E-state index contributed by atoms with van der Waals surface area (Å²) >= 11 is 0. The largest absolute Gasteiger partial charge is 0.355 e. The quantitative estimate of drug-likeness (QED) is 0.669. The maximum atomic E-state index is 8.64. The Bertz CT molecular complexity index is 589. The maximum absolute atomic E-state index is 8.64. The first kappa shape index (κ1) is 12.8. The fourth-order valence-corrected chi connectivity index (χ4v) is 1.81. The maximum Gasteiger partial charge on any atom is 0.182 e. The van der Waals surface area contributed by atoms with Crippen LogP contribution in [0.4, 0.5) is 11.6 Å². The fourth-order valence-electron chi connectivity index (χ4n) is 1.81. The summed E-state index contributed by atoms with van der Waals surface area (Å²) in [6.45, 7) is 2.56. The van der Waals surface area contributed by atoms with E-state index in [2.05, 4.69) is 27.4 Å². The van der Waals surface area contributed by atoms with E-state index in [1.54, 1.807) is 6.07 Å².